The van der Waals surface area contributed by atoms with Gasteiger partial charge >= 0.3 is 5.97 Å². The molecular weight excluding hydrogens is 506 g/mol. The van der Waals surface area contributed by atoms with Crippen LogP contribution in [0.1, 0.15) is 89.5 Å². The maximum absolute atomic E-state index is 14.0. The molecule has 2 bridgehead atoms. The molecule has 40 heavy (non-hydrogen) atoms. The number of amides is 1. The Labute approximate surface area is 236 Å². The molecule has 4 heterocycles. The molecule has 0 spiro atoms. The van der Waals surface area contributed by atoms with Gasteiger partial charge in [0.2, 0.25) is 5.91 Å². The van der Waals surface area contributed by atoms with Gasteiger partial charge in [-0.15, -0.1) is 0 Å². The summed E-state index contributed by atoms with van der Waals surface area (Å²) in [7, 11) is 1.34. The van der Waals surface area contributed by atoms with Crippen LogP contribution in [-0.2, 0) is 14.3 Å². The Morgan fingerprint density at radius 2 is 1.60 bits per heavy atom. The van der Waals surface area contributed by atoms with Gasteiger partial charge in [0, 0.05) is 30.7 Å². The van der Waals surface area contributed by atoms with Gasteiger partial charge in [-0.1, -0.05) is 44.2 Å². The lowest BCUT2D eigenvalue weighted by atomic mass is 9.89. The number of nitrogens with zero attached hydrogens (tertiary/aromatic N) is 4. The van der Waals surface area contributed by atoms with Crippen molar-refractivity contribution in [3.05, 3.63) is 34.6 Å². The first-order valence-corrected chi connectivity index (χ1v) is 15.4. The molecule has 1 aliphatic carbocycles. The van der Waals surface area contributed by atoms with Crippen molar-refractivity contribution in [1.82, 2.24) is 19.4 Å². The first-order valence-electron chi connectivity index (χ1n) is 15.4. The largest absolute Gasteiger partial charge is 0.467 e. The van der Waals surface area contributed by atoms with Crippen molar-refractivity contribution in [1.29, 1.82) is 0 Å². The highest BCUT2D eigenvalue weighted by molar-refractivity contribution is 5.87. The molecular formula is C31H43N5O4. The van der Waals surface area contributed by atoms with E-state index in [1.807, 2.05) is 28.8 Å². The second-order valence-corrected chi connectivity index (χ2v) is 12.2. The summed E-state index contributed by atoms with van der Waals surface area (Å²) in [5, 5.41) is 3.05. The number of anilines is 1. The lowest BCUT2D eigenvalue weighted by Gasteiger charge is -2.45. The Hall–Kier alpha value is -2.94. The van der Waals surface area contributed by atoms with Crippen molar-refractivity contribution in [2.75, 3.05) is 25.5 Å². The zero-order valence-corrected chi connectivity index (χ0v) is 23.7. The van der Waals surface area contributed by atoms with E-state index in [0.29, 0.717) is 31.1 Å². The van der Waals surface area contributed by atoms with Crippen molar-refractivity contribution in [2.45, 2.75) is 114 Å². The van der Waals surface area contributed by atoms with Crippen LogP contribution >= 0.6 is 0 Å². The van der Waals surface area contributed by atoms with E-state index in [1.165, 1.54) is 64.9 Å². The minimum absolute atomic E-state index is 0.0839. The summed E-state index contributed by atoms with van der Waals surface area (Å²) in [5.74, 6) is -0.410. The third-order valence-electron chi connectivity index (χ3n) is 9.87. The van der Waals surface area contributed by atoms with Crippen molar-refractivity contribution >= 4 is 28.7 Å². The zero-order chi connectivity index (χ0) is 27.6. The molecule has 4 fully saturated rings. The Balaban J connectivity index is 1.23. The summed E-state index contributed by atoms with van der Waals surface area (Å²) in [6, 6.07) is 9.12. The number of hydrogen-bond donors (Lipinski definition) is 1. The lowest BCUT2D eigenvalue weighted by Crippen LogP contribution is -2.50. The molecule has 1 aromatic heterocycles. The predicted octanol–water partition coefficient (Wildman–Crippen LogP) is 4.25. The highest BCUT2D eigenvalue weighted by atomic mass is 16.5. The number of benzene rings is 1. The van der Waals surface area contributed by atoms with Gasteiger partial charge in [-0.05, 0) is 63.5 Å². The van der Waals surface area contributed by atoms with Gasteiger partial charge in [0.15, 0.2) is 5.82 Å². The van der Waals surface area contributed by atoms with Crippen LogP contribution in [0, 0.1) is 0 Å². The Morgan fingerprint density at radius 1 is 0.900 bits per heavy atom. The Kier molecular flexibility index (Phi) is 8.10. The number of esters is 1. The Bertz CT molecular complexity index is 1270. The average Bonchev–Trinajstić information content (AvgIpc) is 3.53. The fourth-order valence-electron chi connectivity index (χ4n) is 8.06. The van der Waals surface area contributed by atoms with Crippen molar-refractivity contribution in [3.63, 3.8) is 0 Å². The molecule has 216 valence electrons. The number of likely N-dealkylation sites (tertiary alicyclic amines) is 1. The molecule has 4 aliphatic rings. The molecule has 3 saturated heterocycles. The summed E-state index contributed by atoms with van der Waals surface area (Å²) < 4.78 is 6.85. The smallest absolute Gasteiger partial charge is 0.328 e. The third kappa shape index (κ3) is 5.24. The highest BCUT2D eigenvalue weighted by Gasteiger charge is 2.44. The lowest BCUT2D eigenvalue weighted by molar-refractivity contribution is -0.150. The quantitative estimate of drug-likeness (QED) is 0.538. The molecule has 1 N–H and O–H groups in total. The second kappa shape index (κ2) is 11.9. The standard InChI is InChI=1S/C31H43N5O4/c1-40-31(39)27-14-9-17-34(27)28(37)20-32-29-30(38)36(26-13-8-7-12-25(26)33-29)24-18-22-15-16-23(19-24)35(22)21-10-5-3-2-4-6-11-21/h7-8,12-13,21-24,27H,2-6,9-11,14-20H2,1H3,(H,32,33)/t22-,23+,24+,27?. The normalized spacial score (nSPS) is 27.9. The molecule has 4 atom stereocenters. The molecule has 1 aromatic carbocycles. The molecule has 2 aromatic rings. The van der Waals surface area contributed by atoms with Crippen molar-refractivity contribution in [2.24, 2.45) is 0 Å². The number of piperidine rings is 1. The van der Waals surface area contributed by atoms with Gasteiger partial charge in [-0.2, -0.15) is 0 Å². The van der Waals surface area contributed by atoms with E-state index < -0.39 is 12.0 Å². The van der Waals surface area contributed by atoms with Crippen LogP contribution in [0.3, 0.4) is 0 Å². The summed E-state index contributed by atoms with van der Waals surface area (Å²) >= 11 is 0. The molecule has 1 unspecified atom stereocenters. The maximum Gasteiger partial charge on any atom is 0.328 e. The SMILES string of the molecule is COC(=O)C1CCCN1C(=O)CNc1nc2ccccc2n([C@H]2C[C@H]3CC[C@@H](C2)N3C2CCCCCCC2)c1=O. The van der Waals surface area contributed by atoms with Crippen LogP contribution in [0.15, 0.2) is 29.1 Å². The third-order valence-corrected chi connectivity index (χ3v) is 9.87. The van der Waals surface area contributed by atoms with Crippen LogP contribution in [0.4, 0.5) is 5.82 Å². The average molecular weight is 550 g/mol. The predicted molar refractivity (Wildman–Crippen MR) is 154 cm³/mol. The number of carbonyl (C=O) groups excluding carboxylic acids is 2. The summed E-state index contributed by atoms with van der Waals surface area (Å²) in [6.45, 7) is 0.428. The van der Waals surface area contributed by atoms with Crippen LogP contribution in [-0.4, -0.2) is 75.6 Å². The van der Waals surface area contributed by atoms with Gasteiger partial charge in [-0.3, -0.25) is 14.5 Å². The number of methoxy groups -OCH3 is 1. The molecule has 9 nitrogen and oxygen atoms in total. The van der Waals surface area contributed by atoms with Crippen molar-refractivity contribution < 1.29 is 14.3 Å². The number of hydrogen-bond acceptors (Lipinski definition) is 7. The maximum atomic E-state index is 14.0. The van der Waals surface area contributed by atoms with E-state index in [2.05, 4.69) is 15.2 Å². The van der Waals surface area contributed by atoms with E-state index >= 15 is 0 Å². The molecule has 3 aliphatic heterocycles. The number of rotatable bonds is 6. The second-order valence-electron chi connectivity index (χ2n) is 12.2. The van der Waals surface area contributed by atoms with Crippen LogP contribution in [0.25, 0.3) is 11.0 Å². The van der Waals surface area contributed by atoms with Gasteiger partial charge in [0.1, 0.15) is 6.04 Å². The number of carbonyl (C=O) groups is 2. The molecule has 1 saturated carbocycles. The number of para-hydroxylation sites is 2. The molecule has 9 heteroatoms. The van der Waals surface area contributed by atoms with Crippen LogP contribution < -0.4 is 10.9 Å². The van der Waals surface area contributed by atoms with Gasteiger partial charge in [0.05, 0.1) is 24.7 Å². The van der Waals surface area contributed by atoms with Gasteiger partial charge in [0.25, 0.3) is 5.56 Å². The molecule has 0 radical (unpaired) electrons. The zero-order valence-electron chi connectivity index (χ0n) is 23.7. The minimum atomic E-state index is -0.556. The van der Waals surface area contributed by atoms with Gasteiger partial charge < -0.3 is 19.5 Å². The van der Waals surface area contributed by atoms with E-state index in [1.54, 1.807) is 4.90 Å². The molecule has 1 amide bonds. The van der Waals surface area contributed by atoms with E-state index in [4.69, 9.17) is 4.74 Å². The number of ether oxygens (including phenoxy) is 1. The number of aromatic nitrogens is 2. The first-order chi connectivity index (χ1) is 19.5. The number of fused-ring (bicyclic) bond motifs is 3. The topological polar surface area (TPSA) is 96.8 Å². The minimum Gasteiger partial charge on any atom is -0.467 e. The molecule has 6 rings (SSSR count). The van der Waals surface area contributed by atoms with Crippen LogP contribution in [0.5, 0.6) is 0 Å². The fourth-order valence-corrected chi connectivity index (χ4v) is 8.06. The fraction of sp³-hybridized carbons (Fsp3) is 0.677. The van der Waals surface area contributed by atoms with E-state index in [-0.39, 0.29) is 29.9 Å². The summed E-state index contributed by atoms with van der Waals surface area (Å²) in [4.78, 5) is 48.2. The van der Waals surface area contributed by atoms with Crippen molar-refractivity contribution in [3.8, 4) is 0 Å². The summed E-state index contributed by atoms with van der Waals surface area (Å²) in [6.07, 6.45) is 15.1. The summed E-state index contributed by atoms with van der Waals surface area (Å²) in [5.41, 5.74) is 1.44. The first kappa shape index (κ1) is 27.2. The van der Waals surface area contributed by atoms with E-state index in [0.717, 1.165) is 30.3 Å². The monoisotopic (exact) mass is 549 g/mol. The highest BCUT2D eigenvalue weighted by Crippen LogP contribution is 2.44. The number of nitrogens with one attached hydrogen (secondary N) is 1. The Morgan fingerprint density at radius 3 is 2.33 bits per heavy atom. The van der Waals surface area contributed by atoms with E-state index in [9.17, 15) is 14.4 Å². The van der Waals surface area contributed by atoms with Gasteiger partial charge in [-0.25, -0.2) is 9.78 Å². The van der Waals surface area contributed by atoms with Crippen LogP contribution in [0.2, 0.25) is 0 Å².